The molecule has 0 bridgehead atoms. The molecule has 1 amide bonds. The van der Waals surface area contributed by atoms with Gasteiger partial charge in [0, 0.05) is 18.4 Å². The molecule has 3 nitrogen and oxygen atoms in total. The molecule has 1 aromatic carbocycles. The average Bonchev–Trinajstić information content (AvgIpc) is 2.38. The molecular formula is C14H20FNO2S. The molecule has 0 aromatic heterocycles. The van der Waals surface area contributed by atoms with E-state index in [-0.39, 0.29) is 24.4 Å². The Kier molecular flexibility index (Phi) is 7.52. The molecule has 0 aliphatic carbocycles. The molecule has 5 heteroatoms. The second-order valence-corrected chi connectivity index (χ2v) is 5.44. The molecule has 0 saturated heterocycles. The maximum absolute atomic E-state index is 12.7. The smallest absolute Gasteiger partial charge is 0.230 e. The van der Waals surface area contributed by atoms with Gasteiger partial charge in [-0.15, -0.1) is 11.8 Å². The van der Waals surface area contributed by atoms with Gasteiger partial charge in [-0.3, -0.25) is 4.79 Å². The normalized spacial score (nSPS) is 12.2. The van der Waals surface area contributed by atoms with Gasteiger partial charge in [-0.1, -0.05) is 12.1 Å². The highest BCUT2D eigenvalue weighted by Gasteiger charge is 2.07. The lowest BCUT2D eigenvalue weighted by Crippen LogP contribution is -2.33. The summed E-state index contributed by atoms with van der Waals surface area (Å²) in [6.45, 7) is 2.08. The minimum absolute atomic E-state index is 0.00227. The van der Waals surface area contributed by atoms with Crippen molar-refractivity contribution in [3.05, 3.63) is 35.6 Å². The summed E-state index contributed by atoms with van der Waals surface area (Å²) in [6, 6.07) is 6.39. The van der Waals surface area contributed by atoms with Gasteiger partial charge in [0.1, 0.15) is 5.82 Å². The molecule has 1 atom stereocenters. The second kappa shape index (κ2) is 8.93. The molecule has 2 N–H and O–H groups in total. The summed E-state index contributed by atoms with van der Waals surface area (Å²) in [7, 11) is 0. The molecular weight excluding hydrogens is 265 g/mol. The first kappa shape index (κ1) is 16.0. The van der Waals surface area contributed by atoms with Crippen LogP contribution in [0.25, 0.3) is 0 Å². The van der Waals surface area contributed by atoms with Crippen LogP contribution >= 0.6 is 11.8 Å². The van der Waals surface area contributed by atoms with Crippen LogP contribution in [-0.4, -0.2) is 29.4 Å². The Hall–Kier alpha value is -1.07. The Morgan fingerprint density at radius 2 is 2.11 bits per heavy atom. The lowest BCUT2D eigenvalue weighted by molar-refractivity contribution is -0.119. The van der Waals surface area contributed by atoms with Gasteiger partial charge >= 0.3 is 0 Å². The van der Waals surface area contributed by atoms with Crippen molar-refractivity contribution in [2.45, 2.75) is 31.6 Å². The molecule has 0 spiro atoms. The van der Waals surface area contributed by atoms with Gasteiger partial charge in [-0.05, 0) is 37.5 Å². The molecule has 1 aromatic rings. The van der Waals surface area contributed by atoms with Gasteiger partial charge in [0.25, 0.3) is 0 Å². The summed E-state index contributed by atoms with van der Waals surface area (Å²) in [5.41, 5.74) is 1.01. The zero-order valence-corrected chi connectivity index (χ0v) is 11.9. The van der Waals surface area contributed by atoms with E-state index in [1.54, 1.807) is 12.1 Å². The number of aliphatic hydroxyl groups is 1. The zero-order valence-electron chi connectivity index (χ0n) is 11.1. The number of thioether (sulfide) groups is 1. The van der Waals surface area contributed by atoms with Gasteiger partial charge < -0.3 is 10.4 Å². The van der Waals surface area contributed by atoms with Gasteiger partial charge in [0.15, 0.2) is 0 Å². The molecule has 19 heavy (non-hydrogen) atoms. The lowest BCUT2D eigenvalue weighted by Gasteiger charge is -2.12. The number of aliphatic hydroxyl groups excluding tert-OH is 1. The van der Waals surface area contributed by atoms with Crippen LogP contribution in [0.4, 0.5) is 4.39 Å². The molecule has 0 fully saturated rings. The Labute approximate surface area is 117 Å². The van der Waals surface area contributed by atoms with E-state index in [9.17, 15) is 9.18 Å². The van der Waals surface area contributed by atoms with E-state index in [2.05, 4.69) is 5.32 Å². The highest BCUT2D eigenvalue weighted by molar-refractivity contribution is 7.99. The summed E-state index contributed by atoms with van der Waals surface area (Å²) in [6.07, 6.45) is 1.48. The fourth-order valence-electron chi connectivity index (χ4n) is 1.63. The largest absolute Gasteiger partial charge is 0.396 e. The van der Waals surface area contributed by atoms with Crippen LogP contribution in [0, 0.1) is 5.82 Å². The molecule has 1 rings (SSSR count). The predicted octanol–water partition coefficient (Wildman–Crippen LogP) is 2.34. The fraction of sp³-hybridized carbons (Fsp3) is 0.500. The van der Waals surface area contributed by atoms with Gasteiger partial charge in [-0.2, -0.15) is 0 Å². The Balaban J connectivity index is 2.18. The van der Waals surface area contributed by atoms with Crippen LogP contribution in [0.15, 0.2) is 24.3 Å². The quantitative estimate of drug-likeness (QED) is 0.771. The monoisotopic (exact) mass is 285 g/mol. The number of hydrogen-bond acceptors (Lipinski definition) is 3. The lowest BCUT2D eigenvalue weighted by atomic mass is 10.2. The van der Waals surface area contributed by atoms with Crippen molar-refractivity contribution >= 4 is 17.7 Å². The van der Waals surface area contributed by atoms with E-state index in [1.165, 1.54) is 23.9 Å². The van der Waals surface area contributed by atoms with Crippen LogP contribution in [0.3, 0.4) is 0 Å². The van der Waals surface area contributed by atoms with Crippen molar-refractivity contribution < 1.29 is 14.3 Å². The first-order chi connectivity index (χ1) is 9.11. The molecule has 0 heterocycles. The van der Waals surface area contributed by atoms with Crippen LogP contribution in [0.1, 0.15) is 25.3 Å². The molecule has 0 aliphatic rings. The van der Waals surface area contributed by atoms with Crippen molar-refractivity contribution in [1.29, 1.82) is 0 Å². The highest BCUT2D eigenvalue weighted by atomic mass is 32.2. The highest BCUT2D eigenvalue weighted by Crippen LogP contribution is 2.12. The third-order valence-corrected chi connectivity index (χ3v) is 3.62. The van der Waals surface area contributed by atoms with E-state index >= 15 is 0 Å². The Morgan fingerprint density at radius 3 is 2.74 bits per heavy atom. The van der Waals surface area contributed by atoms with Crippen molar-refractivity contribution in [1.82, 2.24) is 5.32 Å². The first-order valence-electron chi connectivity index (χ1n) is 6.34. The minimum Gasteiger partial charge on any atom is -0.396 e. The molecule has 0 saturated carbocycles. The summed E-state index contributed by atoms with van der Waals surface area (Å²) >= 11 is 1.50. The van der Waals surface area contributed by atoms with Crippen LogP contribution in [0.5, 0.6) is 0 Å². The Bertz CT molecular complexity index is 384. The Morgan fingerprint density at radius 1 is 1.42 bits per heavy atom. The summed E-state index contributed by atoms with van der Waals surface area (Å²) < 4.78 is 12.7. The molecule has 0 aliphatic heterocycles. The SMILES string of the molecule is CC(CCCO)NC(=O)CSCc1ccc(F)cc1. The number of hydrogen-bond donors (Lipinski definition) is 2. The fourth-order valence-corrected chi connectivity index (χ4v) is 2.43. The maximum atomic E-state index is 12.7. The van der Waals surface area contributed by atoms with Crippen LogP contribution < -0.4 is 5.32 Å². The average molecular weight is 285 g/mol. The van der Waals surface area contributed by atoms with Crippen LogP contribution in [-0.2, 0) is 10.5 Å². The molecule has 0 radical (unpaired) electrons. The summed E-state index contributed by atoms with van der Waals surface area (Å²) in [5, 5.41) is 11.6. The second-order valence-electron chi connectivity index (χ2n) is 4.45. The van der Waals surface area contributed by atoms with Crippen molar-refractivity contribution in [3.63, 3.8) is 0 Å². The maximum Gasteiger partial charge on any atom is 0.230 e. The minimum atomic E-state index is -0.246. The number of nitrogens with one attached hydrogen (secondary N) is 1. The van der Waals surface area contributed by atoms with E-state index < -0.39 is 0 Å². The van der Waals surface area contributed by atoms with E-state index in [1.807, 2.05) is 6.92 Å². The van der Waals surface area contributed by atoms with Crippen molar-refractivity contribution in [3.8, 4) is 0 Å². The predicted molar refractivity (Wildman–Crippen MR) is 76.5 cm³/mol. The molecule has 1 unspecified atom stereocenters. The third kappa shape index (κ3) is 7.18. The number of rotatable bonds is 8. The van der Waals surface area contributed by atoms with Gasteiger partial charge in [0.05, 0.1) is 5.75 Å². The third-order valence-electron chi connectivity index (χ3n) is 2.62. The number of amides is 1. The van der Waals surface area contributed by atoms with E-state index in [0.717, 1.165) is 12.0 Å². The first-order valence-corrected chi connectivity index (χ1v) is 7.49. The number of halogens is 1. The topological polar surface area (TPSA) is 49.3 Å². The van der Waals surface area contributed by atoms with Crippen molar-refractivity contribution in [2.24, 2.45) is 0 Å². The molecule has 106 valence electrons. The van der Waals surface area contributed by atoms with E-state index in [0.29, 0.717) is 17.9 Å². The number of carbonyl (C=O) groups excluding carboxylic acids is 1. The number of benzene rings is 1. The van der Waals surface area contributed by atoms with E-state index in [4.69, 9.17) is 5.11 Å². The standard InChI is InChI=1S/C14H20FNO2S/c1-11(3-2-8-17)16-14(18)10-19-9-12-4-6-13(15)7-5-12/h4-7,11,17H,2-3,8-10H2,1H3,(H,16,18). The van der Waals surface area contributed by atoms with Crippen molar-refractivity contribution in [2.75, 3.05) is 12.4 Å². The summed E-state index contributed by atoms with van der Waals surface area (Å²) in [5.74, 6) is 0.835. The summed E-state index contributed by atoms with van der Waals surface area (Å²) in [4.78, 5) is 11.6. The van der Waals surface area contributed by atoms with Gasteiger partial charge in [-0.25, -0.2) is 4.39 Å². The number of carbonyl (C=O) groups is 1. The van der Waals surface area contributed by atoms with Gasteiger partial charge in [0.2, 0.25) is 5.91 Å². The van der Waals surface area contributed by atoms with Crippen LogP contribution in [0.2, 0.25) is 0 Å². The zero-order chi connectivity index (χ0) is 14.1.